The van der Waals surface area contributed by atoms with Gasteiger partial charge < -0.3 is 10.6 Å². The van der Waals surface area contributed by atoms with Crippen molar-refractivity contribution in [3.63, 3.8) is 0 Å². The summed E-state index contributed by atoms with van der Waals surface area (Å²) >= 11 is 7.40. The summed E-state index contributed by atoms with van der Waals surface area (Å²) in [5.41, 5.74) is 2.38. The number of hydrogen-bond donors (Lipinski definition) is 2. The van der Waals surface area contributed by atoms with Crippen LogP contribution in [0, 0.1) is 6.92 Å². The lowest BCUT2D eigenvalue weighted by molar-refractivity contribution is -0.115. The molecule has 5 nitrogen and oxygen atoms in total. The standard InChI is InChI=1S/C17H15ClN4OS/c1-11-5-6-12(18)8-14(11)21-16(23)9-13-10-24-17(20-13)22-15-4-2-3-7-19-15/h2-8,10H,9H2,1H3,(H,21,23)(H,19,20,22). The third-order valence-corrected chi connectivity index (χ3v) is 4.31. The zero-order valence-corrected chi connectivity index (χ0v) is 14.5. The number of carbonyl (C=O) groups is 1. The monoisotopic (exact) mass is 358 g/mol. The van der Waals surface area contributed by atoms with E-state index in [1.165, 1.54) is 11.3 Å². The van der Waals surface area contributed by atoms with Gasteiger partial charge in [0.25, 0.3) is 0 Å². The van der Waals surface area contributed by atoms with Crippen LogP contribution < -0.4 is 10.6 Å². The molecular formula is C17H15ClN4OS. The SMILES string of the molecule is Cc1ccc(Cl)cc1NC(=O)Cc1csc(Nc2ccccn2)n1. The molecule has 7 heteroatoms. The molecule has 1 aromatic carbocycles. The van der Waals surface area contributed by atoms with E-state index in [0.29, 0.717) is 15.8 Å². The molecule has 0 fully saturated rings. The number of aryl methyl sites for hydroxylation is 1. The first-order valence-corrected chi connectivity index (χ1v) is 8.54. The Balaban J connectivity index is 1.62. The third-order valence-electron chi connectivity index (χ3n) is 3.27. The third kappa shape index (κ3) is 4.31. The van der Waals surface area contributed by atoms with Crippen molar-refractivity contribution in [2.45, 2.75) is 13.3 Å². The van der Waals surface area contributed by atoms with E-state index < -0.39 is 0 Å². The molecule has 0 aliphatic rings. The van der Waals surface area contributed by atoms with Gasteiger partial charge in [-0.05, 0) is 36.8 Å². The summed E-state index contributed by atoms with van der Waals surface area (Å²) in [6, 6.07) is 11.0. The molecule has 2 aromatic heterocycles. The van der Waals surface area contributed by atoms with E-state index >= 15 is 0 Å². The molecule has 0 saturated heterocycles. The molecule has 1 amide bonds. The lowest BCUT2D eigenvalue weighted by Gasteiger charge is -2.08. The summed E-state index contributed by atoms with van der Waals surface area (Å²) < 4.78 is 0. The second kappa shape index (κ2) is 7.42. The first-order chi connectivity index (χ1) is 11.6. The van der Waals surface area contributed by atoms with Crippen LogP contribution in [-0.2, 0) is 11.2 Å². The van der Waals surface area contributed by atoms with Crippen LogP contribution >= 0.6 is 22.9 Å². The van der Waals surface area contributed by atoms with Crippen molar-refractivity contribution in [2.24, 2.45) is 0 Å². The fourth-order valence-electron chi connectivity index (χ4n) is 2.08. The molecule has 3 aromatic rings. The minimum Gasteiger partial charge on any atom is -0.325 e. The van der Waals surface area contributed by atoms with E-state index in [9.17, 15) is 4.79 Å². The average Bonchev–Trinajstić information content (AvgIpc) is 2.98. The average molecular weight is 359 g/mol. The van der Waals surface area contributed by atoms with Crippen molar-refractivity contribution in [3.8, 4) is 0 Å². The summed E-state index contributed by atoms with van der Waals surface area (Å²) in [5, 5.41) is 9.13. The molecule has 0 atom stereocenters. The van der Waals surface area contributed by atoms with Gasteiger partial charge in [0.2, 0.25) is 5.91 Å². The summed E-state index contributed by atoms with van der Waals surface area (Å²) in [6.07, 6.45) is 1.91. The van der Waals surface area contributed by atoms with Gasteiger partial charge in [-0.1, -0.05) is 23.7 Å². The van der Waals surface area contributed by atoms with Crippen LogP contribution in [0.2, 0.25) is 5.02 Å². The second-order valence-corrected chi connectivity index (χ2v) is 6.46. The molecule has 0 radical (unpaired) electrons. The maximum absolute atomic E-state index is 12.2. The molecule has 0 bridgehead atoms. The number of nitrogens with zero attached hydrogens (tertiary/aromatic N) is 2. The van der Waals surface area contributed by atoms with Crippen LogP contribution in [-0.4, -0.2) is 15.9 Å². The molecule has 0 aliphatic heterocycles. The minimum absolute atomic E-state index is 0.130. The maximum atomic E-state index is 12.2. The molecule has 122 valence electrons. The topological polar surface area (TPSA) is 66.9 Å². The highest BCUT2D eigenvalue weighted by atomic mass is 35.5. The van der Waals surface area contributed by atoms with Crippen LogP contribution in [0.1, 0.15) is 11.3 Å². The van der Waals surface area contributed by atoms with Crippen molar-refractivity contribution >= 4 is 45.5 Å². The van der Waals surface area contributed by atoms with Gasteiger partial charge in [-0.15, -0.1) is 11.3 Å². The first kappa shape index (κ1) is 16.4. The zero-order chi connectivity index (χ0) is 16.9. The van der Waals surface area contributed by atoms with Crippen LogP contribution in [0.3, 0.4) is 0 Å². The van der Waals surface area contributed by atoms with E-state index in [1.807, 2.05) is 36.6 Å². The molecule has 0 saturated carbocycles. The summed E-state index contributed by atoms with van der Waals surface area (Å²) in [4.78, 5) is 20.8. The van der Waals surface area contributed by atoms with E-state index in [1.54, 1.807) is 18.3 Å². The maximum Gasteiger partial charge on any atom is 0.230 e. The highest BCUT2D eigenvalue weighted by molar-refractivity contribution is 7.13. The number of hydrogen-bond acceptors (Lipinski definition) is 5. The number of aromatic nitrogens is 2. The summed E-state index contributed by atoms with van der Waals surface area (Å²) in [6.45, 7) is 1.92. The van der Waals surface area contributed by atoms with E-state index in [-0.39, 0.29) is 12.3 Å². The highest BCUT2D eigenvalue weighted by Crippen LogP contribution is 2.22. The van der Waals surface area contributed by atoms with Crippen LogP contribution in [0.25, 0.3) is 0 Å². The Morgan fingerprint density at radius 3 is 2.96 bits per heavy atom. The minimum atomic E-state index is -0.130. The number of halogens is 1. The fraction of sp³-hybridized carbons (Fsp3) is 0.118. The van der Waals surface area contributed by atoms with Crippen LogP contribution in [0.5, 0.6) is 0 Å². The number of nitrogens with one attached hydrogen (secondary N) is 2. The Morgan fingerprint density at radius 2 is 2.17 bits per heavy atom. The first-order valence-electron chi connectivity index (χ1n) is 7.28. The Kier molecular flexibility index (Phi) is 5.08. The smallest absolute Gasteiger partial charge is 0.230 e. The van der Waals surface area contributed by atoms with E-state index in [2.05, 4.69) is 20.6 Å². The van der Waals surface area contributed by atoms with Crippen molar-refractivity contribution in [1.29, 1.82) is 0 Å². The van der Waals surface area contributed by atoms with Gasteiger partial charge in [-0.2, -0.15) is 0 Å². The van der Waals surface area contributed by atoms with Gasteiger partial charge in [-0.25, -0.2) is 9.97 Å². The number of thiazole rings is 1. The molecule has 3 rings (SSSR count). The van der Waals surface area contributed by atoms with Gasteiger partial charge in [0.05, 0.1) is 12.1 Å². The molecule has 0 spiro atoms. The molecule has 0 unspecified atom stereocenters. The highest BCUT2D eigenvalue weighted by Gasteiger charge is 2.10. The Hall–Kier alpha value is -2.44. The Morgan fingerprint density at radius 1 is 1.29 bits per heavy atom. The number of carbonyl (C=O) groups excluding carboxylic acids is 1. The van der Waals surface area contributed by atoms with Crippen molar-refractivity contribution in [3.05, 3.63) is 64.3 Å². The number of anilines is 3. The van der Waals surface area contributed by atoms with Gasteiger partial charge in [0, 0.05) is 22.3 Å². The number of amides is 1. The largest absolute Gasteiger partial charge is 0.325 e. The van der Waals surface area contributed by atoms with Crippen LogP contribution in [0.15, 0.2) is 48.0 Å². The lowest BCUT2D eigenvalue weighted by Crippen LogP contribution is -2.15. The summed E-state index contributed by atoms with van der Waals surface area (Å²) in [7, 11) is 0. The lowest BCUT2D eigenvalue weighted by atomic mass is 10.2. The van der Waals surface area contributed by atoms with E-state index in [0.717, 1.165) is 17.1 Å². The van der Waals surface area contributed by atoms with Crippen LogP contribution in [0.4, 0.5) is 16.6 Å². The second-order valence-electron chi connectivity index (χ2n) is 5.17. The molecule has 0 aliphatic carbocycles. The van der Waals surface area contributed by atoms with Gasteiger partial charge in [0.15, 0.2) is 5.13 Å². The number of rotatable bonds is 5. The Labute approximate surface area is 148 Å². The van der Waals surface area contributed by atoms with Gasteiger partial charge >= 0.3 is 0 Å². The predicted octanol–water partition coefficient (Wildman–Crippen LogP) is 4.42. The van der Waals surface area contributed by atoms with Crippen molar-refractivity contribution in [1.82, 2.24) is 9.97 Å². The summed E-state index contributed by atoms with van der Waals surface area (Å²) in [5.74, 6) is 0.590. The van der Waals surface area contributed by atoms with Crippen molar-refractivity contribution in [2.75, 3.05) is 10.6 Å². The number of pyridine rings is 1. The molecule has 24 heavy (non-hydrogen) atoms. The molecule has 2 N–H and O–H groups in total. The van der Waals surface area contributed by atoms with Gasteiger partial charge in [-0.3, -0.25) is 4.79 Å². The molecular weight excluding hydrogens is 344 g/mol. The Bertz CT molecular complexity index is 851. The molecule has 2 heterocycles. The number of benzene rings is 1. The predicted molar refractivity (Wildman–Crippen MR) is 98.2 cm³/mol. The quantitative estimate of drug-likeness (QED) is 0.708. The van der Waals surface area contributed by atoms with Gasteiger partial charge in [0.1, 0.15) is 5.82 Å². The normalized spacial score (nSPS) is 10.4. The van der Waals surface area contributed by atoms with Crippen molar-refractivity contribution < 1.29 is 4.79 Å². The zero-order valence-electron chi connectivity index (χ0n) is 12.9. The van der Waals surface area contributed by atoms with E-state index in [4.69, 9.17) is 11.6 Å². The fourth-order valence-corrected chi connectivity index (χ4v) is 2.97.